The first-order chi connectivity index (χ1) is 14.4. The third-order valence-corrected chi connectivity index (χ3v) is 5.37. The van der Waals surface area contributed by atoms with E-state index >= 15 is 0 Å². The first kappa shape index (κ1) is 21.0. The molecule has 1 aliphatic rings. The third kappa shape index (κ3) is 4.82. The first-order valence-corrected chi connectivity index (χ1v) is 9.73. The average Bonchev–Trinajstić information content (AvgIpc) is 2.72. The minimum absolute atomic E-state index is 0.0288. The smallest absolute Gasteiger partial charge is 0.292 e. The predicted octanol–water partition coefficient (Wildman–Crippen LogP) is 3.44. The Bertz CT molecular complexity index is 1080. The van der Waals surface area contributed by atoms with Crippen molar-refractivity contribution in [3.8, 4) is 6.07 Å². The van der Waals surface area contributed by atoms with Gasteiger partial charge in [0.2, 0.25) is 11.8 Å². The number of nitro benzene ring substituents is 1. The largest absolute Gasteiger partial charge is 0.320 e. The Kier molecular flexibility index (Phi) is 6.44. The SMILES string of the molecule is N#CC1=C(SCC(=O)Nc2ccccc2[N+](=O)[O-])NC(=O)C[C@@H]1c1ccc(F)cc1. The lowest BCUT2D eigenvalue weighted by molar-refractivity contribution is -0.383. The molecule has 0 fully saturated rings. The lowest BCUT2D eigenvalue weighted by Crippen LogP contribution is -2.31. The molecule has 3 rings (SSSR count). The molecule has 2 amide bonds. The summed E-state index contributed by atoms with van der Waals surface area (Å²) < 4.78 is 13.2. The fourth-order valence-corrected chi connectivity index (χ4v) is 3.85. The van der Waals surface area contributed by atoms with Gasteiger partial charge in [0.15, 0.2) is 0 Å². The number of para-hydroxylation sites is 2. The van der Waals surface area contributed by atoms with Gasteiger partial charge >= 0.3 is 0 Å². The summed E-state index contributed by atoms with van der Waals surface area (Å²) in [7, 11) is 0. The van der Waals surface area contributed by atoms with Gasteiger partial charge in [-0.2, -0.15) is 5.26 Å². The number of carbonyl (C=O) groups is 2. The zero-order valence-electron chi connectivity index (χ0n) is 15.4. The Hall–Kier alpha value is -3.71. The molecule has 0 unspecified atom stereocenters. The number of amides is 2. The number of anilines is 1. The van der Waals surface area contributed by atoms with E-state index in [9.17, 15) is 29.4 Å². The van der Waals surface area contributed by atoms with E-state index in [4.69, 9.17) is 0 Å². The van der Waals surface area contributed by atoms with E-state index in [1.807, 2.05) is 0 Å². The van der Waals surface area contributed by atoms with Gasteiger partial charge in [-0.3, -0.25) is 19.7 Å². The maximum atomic E-state index is 13.2. The van der Waals surface area contributed by atoms with Crippen molar-refractivity contribution in [2.45, 2.75) is 12.3 Å². The van der Waals surface area contributed by atoms with Crippen molar-refractivity contribution in [2.24, 2.45) is 0 Å². The van der Waals surface area contributed by atoms with Gasteiger partial charge in [0, 0.05) is 18.4 Å². The molecule has 0 spiro atoms. The summed E-state index contributed by atoms with van der Waals surface area (Å²) >= 11 is 0.946. The van der Waals surface area contributed by atoms with Crippen molar-refractivity contribution in [1.29, 1.82) is 5.26 Å². The molecule has 0 radical (unpaired) electrons. The molecule has 152 valence electrons. The second kappa shape index (κ2) is 9.19. The van der Waals surface area contributed by atoms with Crippen molar-refractivity contribution in [3.63, 3.8) is 0 Å². The number of rotatable bonds is 6. The van der Waals surface area contributed by atoms with Crippen LogP contribution in [0.3, 0.4) is 0 Å². The Morgan fingerprint density at radius 2 is 2.00 bits per heavy atom. The summed E-state index contributed by atoms with van der Waals surface area (Å²) in [6, 6.07) is 13.3. The maximum absolute atomic E-state index is 13.2. The lowest BCUT2D eigenvalue weighted by Gasteiger charge is -2.25. The molecule has 0 aliphatic carbocycles. The monoisotopic (exact) mass is 426 g/mol. The third-order valence-electron chi connectivity index (χ3n) is 4.35. The number of allylic oxidation sites excluding steroid dienone is 1. The molecule has 0 saturated heterocycles. The summed E-state index contributed by atoms with van der Waals surface area (Å²) in [5.74, 6) is -2.02. The fraction of sp³-hybridized carbons (Fsp3) is 0.150. The molecule has 30 heavy (non-hydrogen) atoms. The minimum atomic E-state index is -0.603. The van der Waals surface area contributed by atoms with Crippen LogP contribution >= 0.6 is 11.8 Å². The van der Waals surface area contributed by atoms with Crippen molar-refractivity contribution >= 4 is 35.0 Å². The Morgan fingerprint density at radius 3 is 2.67 bits per heavy atom. The van der Waals surface area contributed by atoms with Crippen molar-refractivity contribution in [1.82, 2.24) is 5.32 Å². The van der Waals surface area contributed by atoms with Crippen LogP contribution in [0, 0.1) is 27.3 Å². The van der Waals surface area contributed by atoms with Crippen LogP contribution in [0.5, 0.6) is 0 Å². The molecule has 0 aromatic heterocycles. The van der Waals surface area contributed by atoms with Crippen LogP contribution in [0.25, 0.3) is 0 Å². The van der Waals surface area contributed by atoms with E-state index in [2.05, 4.69) is 16.7 Å². The number of halogens is 1. The summed E-state index contributed by atoms with van der Waals surface area (Å²) in [5.41, 5.74) is 0.699. The number of nitrogens with zero attached hydrogens (tertiary/aromatic N) is 2. The standard InChI is InChI=1S/C20H15FN4O4S/c21-13-7-5-12(6-8-13)14-9-18(26)24-20(15(14)10-22)30-11-19(27)23-16-3-1-2-4-17(16)25(28)29/h1-8,14H,9,11H2,(H,23,27)(H,24,26)/t14-/m1/s1. The topological polar surface area (TPSA) is 125 Å². The van der Waals surface area contributed by atoms with Crippen LogP contribution in [-0.2, 0) is 9.59 Å². The maximum Gasteiger partial charge on any atom is 0.292 e. The number of thioether (sulfide) groups is 1. The van der Waals surface area contributed by atoms with Gasteiger partial charge in [0.25, 0.3) is 5.69 Å². The molecule has 1 atom stereocenters. The summed E-state index contributed by atoms with van der Waals surface area (Å²) in [6.07, 6.45) is 0.0288. The Balaban J connectivity index is 1.76. The predicted molar refractivity (Wildman–Crippen MR) is 109 cm³/mol. The van der Waals surface area contributed by atoms with Crippen LogP contribution in [0.2, 0.25) is 0 Å². The average molecular weight is 426 g/mol. The van der Waals surface area contributed by atoms with Crippen LogP contribution in [0.4, 0.5) is 15.8 Å². The van der Waals surface area contributed by atoms with Gasteiger partial charge in [0.05, 0.1) is 27.3 Å². The van der Waals surface area contributed by atoms with Gasteiger partial charge < -0.3 is 10.6 Å². The van der Waals surface area contributed by atoms with E-state index in [1.165, 1.54) is 42.5 Å². The number of hydrogen-bond acceptors (Lipinski definition) is 6. The number of nitro groups is 1. The van der Waals surface area contributed by atoms with E-state index in [1.54, 1.807) is 6.07 Å². The van der Waals surface area contributed by atoms with Gasteiger partial charge in [-0.05, 0) is 23.8 Å². The van der Waals surface area contributed by atoms with Crippen LogP contribution in [-0.4, -0.2) is 22.5 Å². The fourth-order valence-electron chi connectivity index (χ4n) is 2.98. The highest BCUT2D eigenvalue weighted by atomic mass is 32.2. The number of carbonyl (C=O) groups excluding carboxylic acids is 2. The molecule has 8 nitrogen and oxygen atoms in total. The number of nitriles is 1. The number of benzene rings is 2. The van der Waals surface area contributed by atoms with Crippen molar-refractivity contribution in [3.05, 3.63) is 80.6 Å². The molecule has 2 aromatic rings. The summed E-state index contributed by atoms with van der Waals surface area (Å²) in [5, 5.41) is 26.0. The van der Waals surface area contributed by atoms with Gasteiger partial charge in [-0.15, -0.1) is 0 Å². The van der Waals surface area contributed by atoms with Crippen molar-refractivity contribution in [2.75, 3.05) is 11.1 Å². The molecule has 2 N–H and O–H groups in total. The molecular formula is C20H15FN4O4S. The Morgan fingerprint density at radius 1 is 1.30 bits per heavy atom. The second-order valence-electron chi connectivity index (χ2n) is 6.32. The molecular weight excluding hydrogens is 411 g/mol. The van der Waals surface area contributed by atoms with E-state index in [0.717, 1.165) is 11.8 Å². The van der Waals surface area contributed by atoms with E-state index in [0.29, 0.717) is 5.56 Å². The summed E-state index contributed by atoms with van der Waals surface area (Å²) in [6.45, 7) is 0. The highest BCUT2D eigenvalue weighted by Gasteiger charge is 2.30. The van der Waals surface area contributed by atoms with Gasteiger partial charge in [0.1, 0.15) is 11.5 Å². The van der Waals surface area contributed by atoms with Gasteiger partial charge in [-0.25, -0.2) is 4.39 Å². The normalized spacial score (nSPS) is 15.9. The molecule has 1 heterocycles. The van der Waals surface area contributed by atoms with E-state index in [-0.39, 0.29) is 40.1 Å². The van der Waals surface area contributed by atoms with Crippen LogP contribution in [0.1, 0.15) is 17.9 Å². The Labute approximate surface area is 174 Å². The summed E-state index contributed by atoms with van der Waals surface area (Å²) in [4.78, 5) is 34.9. The number of nitrogens with one attached hydrogen (secondary N) is 2. The number of hydrogen-bond donors (Lipinski definition) is 2. The van der Waals surface area contributed by atoms with Crippen molar-refractivity contribution < 1.29 is 18.9 Å². The minimum Gasteiger partial charge on any atom is -0.320 e. The molecule has 0 saturated carbocycles. The highest BCUT2D eigenvalue weighted by Crippen LogP contribution is 2.36. The van der Waals surface area contributed by atoms with Crippen LogP contribution < -0.4 is 10.6 Å². The molecule has 1 aliphatic heterocycles. The quantitative estimate of drug-likeness (QED) is 0.538. The van der Waals surface area contributed by atoms with Crippen LogP contribution in [0.15, 0.2) is 59.1 Å². The first-order valence-electron chi connectivity index (χ1n) is 8.74. The second-order valence-corrected chi connectivity index (χ2v) is 7.31. The van der Waals surface area contributed by atoms with Gasteiger partial charge in [-0.1, -0.05) is 36.0 Å². The highest BCUT2D eigenvalue weighted by molar-refractivity contribution is 8.03. The molecule has 2 aromatic carbocycles. The zero-order valence-corrected chi connectivity index (χ0v) is 16.2. The van der Waals surface area contributed by atoms with E-state index < -0.39 is 22.6 Å². The molecule has 0 bridgehead atoms. The lowest BCUT2D eigenvalue weighted by atomic mass is 9.87. The molecule has 10 heteroatoms. The zero-order chi connectivity index (χ0) is 21.7.